The Balaban J connectivity index is 0. The van der Waals surface area contributed by atoms with Crippen molar-refractivity contribution in [3.05, 3.63) is 0 Å². The molecule has 0 aromatic carbocycles. The summed E-state index contributed by atoms with van der Waals surface area (Å²) in [5.74, 6) is 0. The topological polar surface area (TPSA) is 121 Å². The van der Waals surface area contributed by atoms with Crippen LogP contribution < -0.4 is 5.11 Å². The van der Waals surface area contributed by atoms with Crippen molar-refractivity contribution in [2.45, 2.75) is 26.2 Å². The van der Waals surface area contributed by atoms with Gasteiger partial charge in [0.2, 0.25) is 6.16 Å². The summed E-state index contributed by atoms with van der Waals surface area (Å²) in [6.07, 6.45) is 0.446. The highest BCUT2D eigenvalue weighted by Gasteiger charge is 2.15. The van der Waals surface area contributed by atoms with Crippen LogP contribution in [0.3, 0.4) is 0 Å². The molecule has 7 heteroatoms. The molecule has 0 rings (SSSR count). The van der Waals surface area contributed by atoms with E-state index in [1.807, 2.05) is 6.92 Å². The average Bonchev–Trinajstić information content (AvgIpc) is 1.83. The van der Waals surface area contributed by atoms with Gasteiger partial charge in [-0.05, 0) is 6.42 Å². The molecule has 0 radical (unpaired) electrons. The molecule has 0 aromatic heterocycles. The van der Waals surface area contributed by atoms with Crippen LogP contribution in [0.25, 0.3) is 0 Å². The van der Waals surface area contributed by atoms with Crippen LogP contribution in [0.1, 0.15) is 26.2 Å². The molecule has 80 valence electrons. The Morgan fingerprint density at radius 2 is 1.69 bits per heavy atom. The van der Waals surface area contributed by atoms with E-state index in [0.717, 1.165) is 12.8 Å². The number of hydroxylamine groups is 3. The summed E-state index contributed by atoms with van der Waals surface area (Å²) in [5, 5.41) is 40.2. The molecule has 0 spiro atoms. The molecule has 0 fully saturated rings. The SMILES string of the molecule is CCCCC[N+](O)(O)O.O=C([O-])O. The Bertz CT molecular complexity index is 128. The predicted octanol–water partition coefficient (Wildman–Crippen LogP) is 0.0487. The summed E-state index contributed by atoms with van der Waals surface area (Å²) in [6, 6.07) is 0. The smallest absolute Gasteiger partial charge is 0.249 e. The molecule has 4 N–H and O–H groups in total. The number of carbonyl (C=O) groups is 1. The second-order valence-corrected chi connectivity index (χ2v) is 2.39. The number of unbranched alkanes of at least 4 members (excludes halogenated alkanes) is 2. The molecule has 0 bridgehead atoms. The Hall–Kier alpha value is -0.890. The van der Waals surface area contributed by atoms with Crippen molar-refractivity contribution in [1.82, 2.24) is 0 Å². The minimum absolute atomic E-state index is 0.0200. The number of nitrogens with zero attached hydrogens (tertiary/aromatic N) is 1. The van der Waals surface area contributed by atoms with E-state index in [2.05, 4.69) is 0 Å². The lowest BCUT2D eigenvalue weighted by atomic mass is 10.2. The maximum Gasteiger partial charge on any atom is 0.249 e. The molecule has 0 atom stereocenters. The zero-order valence-corrected chi connectivity index (χ0v) is 7.38. The summed E-state index contributed by atoms with van der Waals surface area (Å²) in [6.45, 7) is 1.98. The molecule has 0 aromatic rings. The van der Waals surface area contributed by atoms with E-state index >= 15 is 0 Å². The quantitative estimate of drug-likeness (QED) is 0.287. The standard InChI is InChI=1S/C5H14NO3.CH2O3/c1-2-3-4-5-6(7,8)9;2-1(3)4/h7-9H,2-5H2,1H3;(H2,2,3,4)/q+1;/p-1. The van der Waals surface area contributed by atoms with Crippen LogP contribution in [-0.2, 0) is 0 Å². The van der Waals surface area contributed by atoms with Crippen LogP contribution in [0.4, 0.5) is 4.79 Å². The third kappa shape index (κ3) is 35.3. The van der Waals surface area contributed by atoms with E-state index < -0.39 is 11.1 Å². The fraction of sp³-hybridized carbons (Fsp3) is 0.833. The molecule has 0 aliphatic carbocycles. The van der Waals surface area contributed by atoms with Crippen molar-refractivity contribution in [3.63, 3.8) is 0 Å². The van der Waals surface area contributed by atoms with Gasteiger partial charge in [0.1, 0.15) is 0 Å². The molecule has 0 unspecified atom stereocenters. The minimum Gasteiger partial charge on any atom is -0.565 e. The van der Waals surface area contributed by atoms with Crippen LogP contribution in [0.5, 0.6) is 0 Å². The van der Waals surface area contributed by atoms with Crippen molar-refractivity contribution < 1.29 is 35.6 Å². The van der Waals surface area contributed by atoms with Crippen molar-refractivity contribution in [2.75, 3.05) is 6.54 Å². The van der Waals surface area contributed by atoms with E-state index in [-0.39, 0.29) is 6.54 Å². The largest absolute Gasteiger partial charge is 0.565 e. The molecule has 13 heavy (non-hydrogen) atoms. The summed E-state index contributed by atoms with van der Waals surface area (Å²) in [7, 11) is 0. The minimum atomic E-state index is -2.08. The van der Waals surface area contributed by atoms with E-state index in [9.17, 15) is 0 Å². The average molecular weight is 197 g/mol. The number of hydrogen-bond donors (Lipinski definition) is 4. The van der Waals surface area contributed by atoms with Crippen molar-refractivity contribution in [3.8, 4) is 0 Å². The van der Waals surface area contributed by atoms with Crippen molar-refractivity contribution in [2.24, 2.45) is 0 Å². The van der Waals surface area contributed by atoms with Gasteiger partial charge < -0.3 is 15.0 Å². The first-order chi connectivity index (χ1) is 5.79. The summed E-state index contributed by atoms with van der Waals surface area (Å²) in [5.41, 5.74) is 0. The lowest BCUT2D eigenvalue weighted by Crippen LogP contribution is -2.37. The van der Waals surface area contributed by atoms with Gasteiger partial charge in [0.05, 0.1) is 4.97 Å². The monoisotopic (exact) mass is 197 g/mol. The van der Waals surface area contributed by atoms with Crippen LogP contribution in [0, 0.1) is 0 Å². The van der Waals surface area contributed by atoms with Crippen LogP contribution in [-0.4, -0.2) is 38.4 Å². The zero-order valence-electron chi connectivity index (χ0n) is 7.38. The number of rotatable bonds is 4. The van der Waals surface area contributed by atoms with Gasteiger partial charge in [-0.1, -0.05) is 13.3 Å². The van der Waals surface area contributed by atoms with Gasteiger partial charge in [-0.3, -0.25) is 0 Å². The second kappa shape index (κ2) is 7.74. The molecule has 0 heterocycles. The molecule has 0 saturated carbocycles. The van der Waals surface area contributed by atoms with Crippen LogP contribution >= 0.6 is 0 Å². The Morgan fingerprint density at radius 1 is 1.31 bits per heavy atom. The van der Waals surface area contributed by atoms with Crippen molar-refractivity contribution >= 4 is 6.16 Å². The lowest BCUT2D eigenvalue weighted by Gasteiger charge is -2.09. The normalized spacial score (nSPS) is 10.2. The number of carboxylic acid groups (broad SMARTS) is 2. The third-order valence-electron chi connectivity index (χ3n) is 1.06. The Morgan fingerprint density at radius 3 is 1.92 bits per heavy atom. The highest BCUT2D eigenvalue weighted by Crippen LogP contribution is 1.97. The second-order valence-electron chi connectivity index (χ2n) is 2.39. The van der Waals surface area contributed by atoms with Gasteiger partial charge in [0, 0.05) is 6.42 Å². The molecule has 0 saturated heterocycles. The molecular weight excluding hydrogens is 182 g/mol. The Labute approximate surface area is 75.5 Å². The highest BCUT2D eigenvalue weighted by atomic mass is 17.1. The van der Waals surface area contributed by atoms with Gasteiger partial charge in [0.25, 0.3) is 0 Å². The number of hydrogen-bond acceptors (Lipinski definition) is 5. The predicted molar refractivity (Wildman–Crippen MR) is 38.0 cm³/mol. The van der Waals surface area contributed by atoms with E-state index in [0.29, 0.717) is 6.42 Å². The Kier molecular flexibility index (Phi) is 8.71. The molecular formula is C6H15NO6. The highest BCUT2D eigenvalue weighted by molar-refractivity contribution is 5.50. The van der Waals surface area contributed by atoms with E-state index in [1.54, 1.807) is 0 Å². The maximum atomic E-state index is 8.44. The summed E-state index contributed by atoms with van der Waals surface area (Å²) < 4.78 is 0. The number of quaternary nitrogens is 1. The van der Waals surface area contributed by atoms with E-state index in [4.69, 9.17) is 30.6 Å². The van der Waals surface area contributed by atoms with Gasteiger partial charge in [-0.15, -0.1) is 15.6 Å². The van der Waals surface area contributed by atoms with E-state index in [1.165, 1.54) is 0 Å². The summed E-state index contributed by atoms with van der Waals surface area (Å²) >= 11 is 0. The first-order valence-corrected chi connectivity index (χ1v) is 3.76. The third-order valence-corrected chi connectivity index (χ3v) is 1.06. The van der Waals surface area contributed by atoms with Gasteiger partial charge in [0.15, 0.2) is 6.54 Å². The fourth-order valence-corrected chi connectivity index (χ4v) is 0.574. The first kappa shape index (κ1) is 14.6. The van der Waals surface area contributed by atoms with Gasteiger partial charge in [-0.25, -0.2) is 0 Å². The van der Waals surface area contributed by atoms with Crippen molar-refractivity contribution in [1.29, 1.82) is 0 Å². The molecule has 0 aliphatic heterocycles. The zero-order chi connectivity index (χ0) is 10.9. The fourth-order valence-electron chi connectivity index (χ4n) is 0.574. The first-order valence-electron chi connectivity index (χ1n) is 3.76. The van der Waals surface area contributed by atoms with Crippen LogP contribution in [0.15, 0.2) is 0 Å². The molecule has 0 amide bonds. The summed E-state index contributed by atoms with van der Waals surface area (Å²) in [4.78, 5) is 6.56. The molecule has 7 nitrogen and oxygen atoms in total. The maximum absolute atomic E-state index is 8.44. The molecule has 0 aliphatic rings. The van der Waals surface area contributed by atoms with Gasteiger partial charge in [-0.2, -0.15) is 0 Å². The van der Waals surface area contributed by atoms with Crippen LogP contribution in [0.2, 0.25) is 0 Å². The lowest BCUT2D eigenvalue weighted by molar-refractivity contribution is -1.37. The van der Waals surface area contributed by atoms with Gasteiger partial charge >= 0.3 is 0 Å².